The van der Waals surface area contributed by atoms with Crippen LogP contribution in [0.15, 0.2) is 84.9 Å². The van der Waals surface area contributed by atoms with Crippen LogP contribution < -0.4 is 10.1 Å². The lowest BCUT2D eigenvalue weighted by atomic mass is 9.98. The van der Waals surface area contributed by atoms with Crippen LogP contribution in [0, 0.1) is 0 Å². The SMILES string of the molecule is COc1ccccc1-c1ccc(CC(NC(=O)OCC2c3ccccc3-c3ccccc32)C(=O)O)s1. The second-order valence-corrected chi connectivity index (χ2v) is 9.70. The highest BCUT2D eigenvalue weighted by Crippen LogP contribution is 2.44. The molecule has 182 valence electrons. The number of para-hydroxylation sites is 1. The van der Waals surface area contributed by atoms with Gasteiger partial charge >= 0.3 is 12.1 Å². The molecule has 3 aromatic carbocycles. The molecule has 36 heavy (non-hydrogen) atoms. The molecule has 1 aliphatic rings. The Hall–Kier alpha value is -4.10. The van der Waals surface area contributed by atoms with Gasteiger partial charge in [0, 0.05) is 27.7 Å². The van der Waals surface area contributed by atoms with Crippen LogP contribution in [-0.2, 0) is 16.0 Å². The average molecular weight is 500 g/mol. The number of rotatable bonds is 8. The summed E-state index contributed by atoms with van der Waals surface area (Å²) in [6, 6.07) is 26.5. The number of amides is 1. The number of fused-ring (bicyclic) bond motifs is 3. The van der Waals surface area contributed by atoms with Crippen LogP contribution in [-0.4, -0.2) is 36.9 Å². The van der Waals surface area contributed by atoms with E-state index in [1.54, 1.807) is 7.11 Å². The maximum absolute atomic E-state index is 12.6. The number of benzene rings is 3. The summed E-state index contributed by atoms with van der Waals surface area (Å²) in [4.78, 5) is 26.3. The summed E-state index contributed by atoms with van der Waals surface area (Å²) in [6.07, 6.45) is -0.593. The van der Waals surface area contributed by atoms with E-state index in [2.05, 4.69) is 17.4 Å². The first-order valence-corrected chi connectivity index (χ1v) is 12.4. The monoisotopic (exact) mass is 499 g/mol. The summed E-state index contributed by atoms with van der Waals surface area (Å²) < 4.78 is 11.0. The number of hydrogen-bond donors (Lipinski definition) is 2. The quantitative estimate of drug-likeness (QED) is 0.313. The summed E-state index contributed by atoms with van der Waals surface area (Å²) in [5.74, 6) is -0.458. The number of carboxylic acids is 1. The van der Waals surface area contributed by atoms with E-state index in [0.717, 1.165) is 43.3 Å². The fourth-order valence-electron chi connectivity index (χ4n) is 4.66. The first-order valence-electron chi connectivity index (χ1n) is 11.6. The van der Waals surface area contributed by atoms with Crippen molar-refractivity contribution in [3.63, 3.8) is 0 Å². The van der Waals surface area contributed by atoms with E-state index in [1.165, 1.54) is 11.3 Å². The van der Waals surface area contributed by atoms with Crippen LogP contribution in [0.1, 0.15) is 21.9 Å². The number of thiophene rings is 1. The third kappa shape index (κ3) is 4.70. The maximum Gasteiger partial charge on any atom is 0.407 e. The zero-order valence-corrected chi connectivity index (χ0v) is 20.5. The Labute approximate surface area is 213 Å². The predicted octanol–water partition coefficient (Wildman–Crippen LogP) is 5.96. The molecule has 0 bridgehead atoms. The Bertz CT molecular complexity index is 1370. The van der Waals surface area contributed by atoms with Crippen LogP contribution in [0.4, 0.5) is 4.79 Å². The Morgan fingerprint density at radius 3 is 2.14 bits per heavy atom. The van der Waals surface area contributed by atoms with Crippen molar-refractivity contribution in [1.29, 1.82) is 0 Å². The van der Waals surface area contributed by atoms with E-state index in [9.17, 15) is 14.7 Å². The smallest absolute Gasteiger partial charge is 0.407 e. The Morgan fingerprint density at radius 1 is 0.889 bits per heavy atom. The van der Waals surface area contributed by atoms with Gasteiger partial charge in [-0.25, -0.2) is 9.59 Å². The van der Waals surface area contributed by atoms with Gasteiger partial charge in [0.25, 0.3) is 0 Å². The molecule has 5 rings (SSSR count). The van der Waals surface area contributed by atoms with E-state index in [0.29, 0.717) is 0 Å². The molecule has 0 radical (unpaired) electrons. The van der Waals surface area contributed by atoms with Gasteiger partial charge < -0.3 is 19.9 Å². The number of carboxylic acid groups (broad SMARTS) is 1. The number of alkyl carbamates (subject to hydrolysis) is 1. The minimum atomic E-state index is -1.12. The van der Waals surface area contributed by atoms with Crippen LogP contribution in [0.25, 0.3) is 21.6 Å². The van der Waals surface area contributed by atoms with E-state index in [4.69, 9.17) is 9.47 Å². The zero-order valence-electron chi connectivity index (χ0n) is 19.6. The first kappa shape index (κ1) is 23.6. The Morgan fingerprint density at radius 2 is 1.50 bits per heavy atom. The van der Waals surface area contributed by atoms with Crippen molar-refractivity contribution < 1.29 is 24.2 Å². The van der Waals surface area contributed by atoms with Crippen LogP contribution in [0.5, 0.6) is 5.75 Å². The van der Waals surface area contributed by atoms with Crippen molar-refractivity contribution in [3.05, 3.63) is 101 Å². The minimum absolute atomic E-state index is 0.0906. The molecule has 0 aliphatic heterocycles. The molecule has 6 nitrogen and oxygen atoms in total. The molecule has 0 saturated carbocycles. The second-order valence-electron chi connectivity index (χ2n) is 8.53. The summed E-state index contributed by atoms with van der Waals surface area (Å²) in [5, 5.41) is 12.3. The summed E-state index contributed by atoms with van der Waals surface area (Å²) >= 11 is 1.47. The lowest BCUT2D eigenvalue weighted by molar-refractivity contribution is -0.139. The number of aliphatic carboxylic acids is 1. The number of nitrogens with one attached hydrogen (secondary N) is 1. The lowest BCUT2D eigenvalue weighted by Crippen LogP contribution is -2.42. The van der Waals surface area contributed by atoms with E-state index < -0.39 is 18.1 Å². The standard InChI is InChI=1S/C29H25NO5S/c1-34-26-13-7-6-12-23(26)27-15-14-18(36-27)16-25(28(31)32)30-29(33)35-17-24-21-10-4-2-8-19(21)20-9-3-5-11-22(20)24/h2-15,24-25H,16-17H2,1H3,(H,30,33)(H,31,32). The fraction of sp³-hybridized carbons (Fsp3) is 0.172. The largest absolute Gasteiger partial charge is 0.496 e. The number of ether oxygens (including phenoxy) is 2. The molecule has 0 saturated heterocycles. The van der Waals surface area contributed by atoms with Crippen molar-refractivity contribution in [2.24, 2.45) is 0 Å². The molecular weight excluding hydrogens is 474 g/mol. The van der Waals surface area contributed by atoms with Gasteiger partial charge in [0.15, 0.2) is 0 Å². The van der Waals surface area contributed by atoms with E-state index in [-0.39, 0.29) is 18.9 Å². The van der Waals surface area contributed by atoms with Crippen molar-refractivity contribution >= 4 is 23.4 Å². The molecule has 1 aliphatic carbocycles. The normalized spacial score (nSPS) is 12.9. The zero-order chi connectivity index (χ0) is 25.1. The molecule has 1 atom stereocenters. The van der Waals surface area contributed by atoms with Gasteiger partial charge in [-0.1, -0.05) is 60.7 Å². The first-order chi connectivity index (χ1) is 17.5. The molecule has 1 amide bonds. The van der Waals surface area contributed by atoms with Gasteiger partial charge in [0.05, 0.1) is 7.11 Å². The van der Waals surface area contributed by atoms with Crippen molar-refractivity contribution in [3.8, 4) is 27.3 Å². The average Bonchev–Trinajstić information content (AvgIpc) is 3.49. The number of carbonyl (C=O) groups is 2. The lowest BCUT2D eigenvalue weighted by Gasteiger charge is -2.17. The summed E-state index contributed by atoms with van der Waals surface area (Å²) in [5.41, 5.74) is 5.41. The predicted molar refractivity (Wildman–Crippen MR) is 140 cm³/mol. The molecular formula is C29H25NO5S. The van der Waals surface area contributed by atoms with Gasteiger partial charge in [-0.15, -0.1) is 11.3 Å². The maximum atomic E-state index is 12.6. The highest BCUT2D eigenvalue weighted by molar-refractivity contribution is 7.15. The highest BCUT2D eigenvalue weighted by atomic mass is 32.1. The van der Waals surface area contributed by atoms with E-state index >= 15 is 0 Å². The van der Waals surface area contributed by atoms with Gasteiger partial charge in [-0.05, 0) is 46.5 Å². The molecule has 0 fully saturated rings. The molecule has 4 aromatic rings. The second kappa shape index (κ2) is 10.3. The fourth-order valence-corrected chi connectivity index (χ4v) is 5.75. The molecule has 1 heterocycles. The number of hydrogen-bond acceptors (Lipinski definition) is 5. The van der Waals surface area contributed by atoms with Crippen molar-refractivity contribution in [2.75, 3.05) is 13.7 Å². The van der Waals surface area contributed by atoms with E-state index in [1.807, 2.05) is 72.8 Å². The third-order valence-electron chi connectivity index (χ3n) is 6.37. The van der Waals surface area contributed by atoms with Crippen molar-refractivity contribution in [1.82, 2.24) is 5.32 Å². The van der Waals surface area contributed by atoms with Crippen LogP contribution in [0.2, 0.25) is 0 Å². The van der Waals surface area contributed by atoms with Gasteiger partial charge in [0.1, 0.15) is 18.4 Å². The van der Waals surface area contributed by atoms with Gasteiger partial charge in [-0.2, -0.15) is 0 Å². The minimum Gasteiger partial charge on any atom is -0.496 e. The summed E-state index contributed by atoms with van der Waals surface area (Å²) in [6.45, 7) is 0.128. The molecule has 1 unspecified atom stereocenters. The van der Waals surface area contributed by atoms with Gasteiger partial charge in [-0.3, -0.25) is 0 Å². The Balaban J connectivity index is 1.25. The molecule has 2 N–H and O–H groups in total. The number of methoxy groups -OCH3 is 1. The molecule has 1 aromatic heterocycles. The van der Waals surface area contributed by atoms with Crippen LogP contribution >= 0.6 is 11.3 Å². The highest BCUT2D eigenvalue weighted by Gasteiger charge is 2.30. The third-order valence-corrected chi connectivity index (χ3v) is 7.51. The molecule has 0 spiro atoms. The molecule has 7 heteroatoms. The van der Waals surface area contributed by atoms with Crippen LogP contribution in [0.3, 0.4) is 0 Å². The topological polar surface area (TPSA) is 84.9 Å². The van der Waals surface area contributed by atoms with Crippen molar-refractivity contribution in [2.45, 2.75) is 18.4 Å². The Kier molecular flexibility index (Phi) is 6.73. The number of carbonyl (C=O) groups excluding carboxylic acids is 1. The summed E-state index contributed by atoms with van der Waals surface area (Å²) in [7, 11) is 1.62. The van der Waals surface area contributed by atoms with Gasteiger partial charge in [0.2, 0.25) is 0 Å².